The van der Waals surface area contributed by atoms with Crippen LogP contribution in [0.5, 0.6) is 11.5 Å². The fourth-order valence-electron chi connectivity index (χ4n) is 4.10. The van der Waals surface area contributed by atoms with Gasteiger partial charge in [0.2, 0.25) is 18.6 Å². The molecule has 3 aliphatic rings. The second-order valence-corrected chi connectivity index (χ2v) is 8.82. The lowest BCUT2D eigenvalue weighted by molar-refractivity contribution is -0.133. The SMILES string of the molecule is O=C(Nc1ccc2c(c1)OCO2)C1CCN(C(=O)C2Cc3ccccc3S2)CC1. The number of rotatable bonds is 3. The largest absolute Gasteiger partial charge is 0.454 e. The van der Waals surface area contributed by atoms with E-state index >= 15 is 0 Å². The Balaban J connectivity index is 1.14. The Hall–Kier alpha value is -2.67. The summed E-state index contributed by atoms with van der Waals surface area (Å²) in [4.78, 5) is 28.7. The summed E-state index contributed by atoms with van der Waals surface area (Å²) in [5.41, 5.74) is 1.96. The standard InChI is InChI=1S/C22H22N2O4S/c25-21(23-16-5-6-17-18(12-16)28-13-27-17)14-7-9-24(10-8-14)22(26)20-11-15-3-1-2-4-19(15)29-20/h1-6,12,14,20H,7-11,13H2,(H,23,25). The lowest BCUT2D eigenvalue weighted by Gasteiger charge is -2.32. The molecule has 0 spiro atoms. The van der Waals surface area contributed by atoms with Crippen molar-refractivity contribution in [1.29, 1.82) is 0 Å². The molecule has 0 aliphatic carbocycles. The lowest BCUT2D eigenvalue weighted by Crippen LogP contribution is -2.44. The van der Waals surface area contributed by atoms with Gasteiger partial charge in [0.15, 0.2) is 11.5 Å². The van der Waals surface area contributed by atoms with E-state index in [4.69, 9.17) is 9.47 Å². The molecule has 5 rings (SSSR count). The number of likely N-dealkylation sites (tertiary alicyclic amines) is 1. The van der Waals surface area contributed by atoms with Crippen molar-refractivity contribution < 1.29 is 19.1 Å². The number of benzene rings is 2. The third-order valence-corrected chi connectivity index (χ3v) is 7.05. The fraction of sp³-hybridized carbons (Fsp3) is 0.364. The van der Waals surface area contributed by atoms with Crippen molar-refractivity contribution in [3.63, 3.8) is 0 Å². The average molecular weight is 410 g/mol. The van der Waals surface area contributed by atoms with E-state index in [2.05, 4.69) is 17.4 Å². The Morgan fingerprint density at radius 2 is 1.83 bits per heavy atom. The van der Waals surface area contributed by atoms with E-state index in [0.29, 0.717) is 43.1 Å². The predicted molar refractivity (Wildman–Crippen MR) is 110 cm³/mol. The molecule has 0 aromatic heterocycles. The first kappa shape index (κ1) is 18.4. The van der Waals surface area contributed by atoms with Crippen LogP contribution in [0.2, 0.25) is 0 Å². The van der Waals surface area contributed by atoms with Gasteiger partial charge in [-0.1, -0.05) is 18.2 Å². The Bertz CT molecular complexity index is 931. The quantitative estimate of drug-likeness (QED) is 0.841. The highest BCUT2D eigenvalue weighted by Gasteiger charge is 2.34. The minimum atomic E-state index is -0.0853. The number of thioether (sulfide) groups is 1. The van der Waals surface area contributed by atoms with Crippen molar-refractivity contribution in [3.05, 3.63) is 48.0 Å². The monoisotopic (exact) mass is 410 g/mol. The van der Waals surface area contributed by atoms with Gasteiger partial charge in [0.1, 0.15) is 0 Å². The molecule has 1 saturated heterocycles. The van der Waals surface area contributed by atoms with Gasteiger partial charge in [-0.25, -0.2) is 0 Å². The first-order chi connectivity index (χ1) is 14.2. The smallest absolute Gasteiger partial charge is 0.236 e. The third-order valence-electron chi connectivity index (χ3n) is 5.74. The van der Waals surface area contributed by atoms with Crippen LogP contribution in [0.15, 0.2) is 47.4 Å². The number of carbonyl (C=O) groups is 2. The van der Waals surface area contributed by atoms with E-state index in [1.165, 1.54) is 10.5 Å². The molecule has 3 heterocycles. The molecular formula is C22H22N2O4S. The summed E-state index contributed by atoms with van der Waals surface area (Å²) >= 11 is 1.66. The van der Waals surface area contributed by atoms with E-state index in [-0.39, 0.29) is 29.8 Å². The summed E-state index contributed by atoms with van der Waals surface area (Å²) in [5, 5.41) is 2.93. The summed E-state index contributed by atoms with van der Waals surface area (Å²) in [6.07, 6.45) is 2.17. The van der Waals surface area contributed by atoms with Crippen LogP contribution in [0.3, 0.4) is 0 Å². The highest BCUT2D eigenvalue weighted by atomic mass is 32.2. The number of nitrogens with one attached hydrogen (secondary N) is 1. The number of ether oxygens (including phenoxy) is 2. The van der Waals surface area contributed by atoms with Crippen LogP contribution in [0.1, 0.15) is 18.4 Å². The van der Waals surface area contributed by atoms with Crippen molar-refractivity contribution in [1.82, 2.24) is 4.90 Å². The van der Waals surface area contributed by atoms with Gasteiger partial charge in [0, 0.05) is 35.7 Å². The number of hydrogen-bond acceptors (Lipinski definition) is 5. The van der Waals surface area contributed by atoms with Gasteiger partial charge in [-0.05, 0) is 43.0 Å². The van der Waals surface area contributed by atoms with Crippen molar-refractivity contribution in [2.75, 3.05) is 25.2 Å². The molecular weight excluding hydrogens is 388 g/mol. The number of hydrogen-bond donors (Lipinski definition) is 1. The zero-order valence-corrected chi connectivity index (χ0v) is 16.7. The zero-order chi connectivity index (χ0) is 19.8. The minimum absolute atomic E-state index is 0.00129. The normalized spacial score (nSPS) is 20.4. The molecule has 2 amide bonds. The van der Waals surface area contributed by atoms with Gasteiger partial charge in [0.25, 0.3) is 0 Å². The van der Waals surface area contributed by atoms with Crippen LogP contribution in [0, 0.1) is 5.92 Å². The average Bonchev–Trinajstić information content (AvgIpc) is 3.39. The van der Waals surface area contributed by atoms with Gasteiger partial charge >= 0.3 is 0 Å². The van der Waals surface area contributed by atoms with Gasteiger partial charge in [-0.3, -0.25) is 9.59 Å². The van der Waals surface area contributed by atoms with Crippen molar-refractivity contribution in [2.24, 2.45) is 5.92 Å². The van der Waals surface area contributed by atoms with Gasteiger partial charge in [0.05, 0.1) is 5.25 Å². The first-order valence-corrected chi connectivity index (χ1v) is 10.8. The Kier molecular flexibility index (Phi) is 4.83. The van der Waals surface area contributed by atoms with Gasteiger partial charge < -0.3 is 19.7 Å². The molecule has 2 aromatic rings. The first-order valence-electron chi connectivity index (χ1n) is 9.91. The molecule has 6 nitrogen and oxygen atoms in total. The number of carbonyl (C=O) groups excluding carboxylic acids is 2. The van der Waals surface area contributed by atoms with E-state index < -0.39 is 0 Å². The molecule has 0 saturated carbocycles. The third kappa shape index (κ3) is 3.67. The second kappa shape index (κ2) is 7.63. The molecule has 1 unspecified atom stereocenters. The molecule has 1 N–H and O–H groups in total. The number of anilines is 1. The van der Waals surface area contributed by atoms with E-state index in [0.717, 1.165) is 6.42 Å². The zero-order valence-electron chi connectivity index (χ0n) is 15.9. The summed E-state index contributed by atoms with van der Waals surface area (Å²) in [6, 6.07) is 13.6. The van der Waals surface area contributed by atoms with Crippen LogP contribution in [0.4, 0.5) is 5.69 Å². The molecule has 0 radical (unpaired) electrons. The molecule has 1 fully saturated rings. The maximum Gasteiger partial charge on any atom is 0.236 e. The Morgan fingerprint density at radius 3 is 2.66 bits per heavy atom. The van der Waals surface area contributed by atoms with Crippen molar-refractivity contribution >= 4 is 29.3 Å². The van der Waals surface area contributed by atoms with Crippen molar-refractivity contribution in [3.8, 4) is 11.5 Å². The Morgan fingerprint density at radius 1 is 1.03 bits per heavy atom. The fourth-order valence-corrected chi connectivity index (χ4v) is 5.38. The van der Waals surface area contributed by atoms with E-state index in [1.807, 2.05) is 23.1 Å². The highest BCUT2D eigenvalue weighted by molar-refractivity contribution is 8.01. The topological polar surface area (TPSA) is 67.9 Å². The molecule has 1 atom stereocenters. The number of piperidine rings is 1. The van der Waals surface area contributed by atoms with Crippen LogP contribution in [-0.2, 0) is 16.0 Å². The van der Waals surface area contributed by atoms with E-state index in [9.17, 15) is 9.59 Å². The second-order valence-electron chi connectivity index (χ2n) is 7.58. The number of nitrogens with zero attached hydrogens (tertiary/aromatic N) is 1. The molecule has 3 aliphatic heterocycles. The summed E-state index contributed by atoms with van der Waals surface area (Å²) < 4.78 is 10.7. The number of amides is 2. The maximum atomic E-state index is 12.9. The number of fused-ring (bicyclic) bond motifs is 2. The highest BCUT2D eigenvalue weighted by Crippen LogP contribution is 2.38. The molecule has 150 valence electrons. The van der Waals surface area contributed by atoms with Crippen LogP contribution < -0.4 is 14.8 Å². The lowest BCUT2D eigenvalue weighted by atomic mass is 9.95. The minimum Gasteiger partial charge on any atom is -0.454 e. The summed E-state index contributed by atoms with van der Waals surface area (Å²) in [6.45, 7) is 1.47. The Labute approximate surface area is 173 Å². The van der Waals surface area contributed by atoms with Gasteiger partial charge in [-0.2, -0.15) is 0 Å². The summed E-state index contributed by atoms with van der Waals surface area (Å²) in [7, 11) is 0. The molecule has 29 heavy (non-hydrogen) atoms. The van der Waals surface area contributed by atoms with Crippen LogP contribution in [-0.4, -0.2) is 41.8 Å². The summed E-state index contributed by atoms with van der Waals surface area (Å²) in [5.74, 6) is 1.46. The van der Waals surface area contributed by atoms with Crippen molar-refractivity contribution in [2.45, 2.75) is 29.4 Å². The van der Waals surface area contributed by atoms with E-state index in [1.54, 1.807) is 23.9 Å². The predicted octanol–water partition coefficient (Wildman–Crippen LogP) is 3.31. The van der Waals surface area contributed by atoms with Gasteiger partial charge in [-0.15, -0.1) is 11.8 Å². The van der Waals surface area contributed by atoms with Crippen LogP contribution >= 0.6 is 11.8 Å². The molecule has 2 aromatic carbocycles. The molecule has 0 bridgehead atoms. The maximum absolute atomic E-state index is 12.9. The molecule has 7 heteroatoms. The van der Waals surface area contributed by atoms with Crippen LogP contribution in [0.25, 0.3) is 0 Å².